The number of aromatic nitrogens is 4. The summed E-state index contributed by atoms with van der Waals surface area (Å²) in [4.78, 5) is 11.1. The lowest BCUT2D eigenvalue weighted by Crippen LogP contribution is -2.10. The minimum absolute atomic E-state index is 0.443. The van der Waals surface area contributed by atoms with Gasteiger partial charge in [-0.1, -0.05) is 0 Å². The highest BCUT2D eigenvalue weighted by molar-refractivity contribution is 5.97. The van der Waals surface area contributed by atoms with Gasteiger partial charge in [-0.3, -0.25) is 9.89 Å². The van der Waals surface area contributed by atoms with E-state index in [9.17, 15) is 4.79 Å². The van der Waals surface area contributed by atoms with Crippen LogP contribution in [-0.4, -0.2) is 25.9 Å². The molecule has 0 atom stereocenters. The van der Waals surface area contributed by atoms with E-state index in [2.05, 4.69) is 15.3 Å². The Kier molecular flexibility index (Phi) is 1.94. The van der Waals surface area contributed by atoms with Gasteiger partial charge in [-0.25, -0.2) is 4.68 Å². The number of carbonyl (C=O) groups excluding carboxylic acids is 1. The fraction of sp³-hybridized carbons (Fsp3) is 0. The Hall–Kier alpha value is -2.63. The Labute approximate surface area is 96.0 Å². The fourth-order valence-electron chi connectivity index (χ4n) is 1.74. The number of carbonyl (C=O) groups is 1. The summed E-state index contributed by atoms with van der Waals surface area (Å²) >= 11 is 0. The van der Waals surface area contributed by atoms with Crippen molar-refractivity contribution in [3.8, 4) is 5.82 Å². The van der Waals surface area contributed by atoms with Crippen molar-refractivity contribution in [2.24, 2.45) is 5.73 Å². The van der Waals surface area contributed by atoms with Gasteiger partial charge in [0, 0.05) is 17.0 Å². The lowest BCUT2D eigenvalue weighted by molar-refractivity contribution is 0.100. The zero-order valence-corrected chi connectivity index (χ0v) is 8.79. The molecule has 17 heavy (non-hydrogen) atoms. The standard InChI is InChI=1S/C11H9N5O/c12-11(17)7-1-2-9-8(5-7)6-14-16(9)10-3-4-13-15-10/h1-6H,(H2,12,17)(H,13,15). The first-order chi connectivity index (χ1) is 8.25. The maximum absolute atomic E-state index is 11.1. The van der Waals surface area contributed by atoms with Crippen molar-refractivity contribution in [1.82, 2.24) is 20.0 Å². The van der Waals surface area contributed by atoms with Gasteiger partial charge in [-0.05, 0) is 18.2 Å². The largest absolute Gasteiger partial charge is 0.366 e. The van der Waals surface area contributed by atoms with Gasteiger partial charge >= 0.3 is 0 Å². The van der Waals surface area contributed by atoms with Gasteiger partial charge in [0.25, 0.3) is 0 Å². The average Bonchev–Trinajstić information content (AvgIpc) is 2.96. The van der Waals surface area contributed by atoms with E-state index < -0.39 is 5.91 Å². The van der Waals surface area contributed by atoms with Crippen molar-refractivity contribution in [2.45, 2.75) is 0 Å². The van der Waals surface area contributed by atoms with E-state index in [4.69, 9.17) is 5.73 Å². The molecule has 3 aromatic rings. The summed E-state index contributed by atoms with van der Waals surface area (Å²) in [5, 5.41) is 11.8. The number of H-pyrrole nitrogens is 1. The Balaban J connectivity index is 2.21. The number of rotatable bonds is 2. The number of amides is 1. The number of benzene rings is 1. The summed E-state index contributed by atoms with van der Waals surface area (Å²) in [6, 6.07) is 7.02. The van der Waals surface area contributed by atoms with Crippen LogP contribution in [0.1, 0.15) is 10.4 Å². The first-order valence-corrected chi connectivity index (χ1v) is 5.03. The first-order valence-electron chi connectivity index (χ1n) is 5.03. The van der Waals surface area contributed by atoms with Crippen LogP contribution in [-0.2, 0) is 0 Å². The summed E-state index contributed by atoms with van der Waals surface area (Å²) < 4.78 is 1.72. The molecule has 0 saturated heterocycles. The van der Waals surface area contributed by atoms with Gasteiger partial charge in [-0.15, -0.1) is 0 Å². The molecule has 3 rings (SSSR count). The second-order valence-electron chi connectivity index (χ2n) is 3.64. The highest BCUT2D eigenvalue weighted by atomic mass is 16.1. The molecule has 2 heterocycles. The predicted molar refractivity (Wildman–Crippen MR) is 61.7 cm³/mol. The fourth-order valence-corrected chi connectivity index (χ4v) is 1.74. The smallest absolute Gasteiger partial charge is 0.248 e. The zero-order chi connectivity index (χ0) is 11.8. The van der Waals surface area contributed by atoms with Crippen molar-refractivity contribution >= 4 is 16.8 Å². The van der Waals surface area contributed by atoms with Gasteiger partial charge in [0.2, 0.25) is 5.91 Å². The number of fused-ring (bicyclic) bond motifs is 1. The highest BCUT2D eigenvalue weighted by Crippen LogP contribution is 2.18. The van der Waals surface area contributed by atoms with E-state index in [0.29, 0.717) is 5.56 Å². The molecule has 0 aliphatic carbocycles. The van der Waals surface area contributed by atoms with Crippen LogP contribution < -0.4 is 5.73 Å². The van der Waals surface area contributed by atoms with Crippen LogP contribution in [0.5, 0.6) is 0 Å². The molecule has 2 aromatic heterocycles. The van der Waals surface area contributed by atoms with Gasteiger partial charge in [0.1, 0.15) is 5.82 Å². The molecule has 0 spiro atoms. The molecule has 0 bridgehead atoms. The SMILES string of the molecule is NC(=O)c1ccc2c(cnn2-c2ccn[nH]2)c1. The van der Waals surface area contributed by atoms with E-state index in [-0.39, 0.29) is 0 Å². The summed E-state index contributed by atoms with van der Waals surface area (Å²) in [5.74, 6) is 0.327. The quantitative estimate of drug-likeness (QED) is 0.680. The van der Waals surface area contributed by atoms with Gasteiger partial charge in [-0.2, -0.15) is 10.2 Å². The summed E-state index contributed by atoms with van der Waals surface area (Å²) in [6.45, 7) is 0. The van der Waals surface area contributed by atoms with Crippen LogP contribution in [0.3, 0.4) is 0 Å². The van der Waals surface area contributed by atoms with Crippen molar-refractivity contribution in [3.05, 3.63) is 42.2 Å². The maximum Gasteiger partial charge on any atom is 0.248 e. The van der Waals surface area contributed by atoms with E-state index in [0.717, 1.165) is 16.7 Å². The van der Waals surface area contributed by atoms with E-state index >= 15 is 0 Å². The van der Waals surface area contributed by atoms with Crippen LogP contribution in [0.25, 0.3) is 16.7 Å². The van der Waals surface area contributed by atoms with E-state index in [1.165, 1.54) is 0 Å². The number of nitrogens with two attached hydrogens (primary N) is 1. The van der Waals surface area contributed by atoms with Gasteiger partial charge in [0.15, 0.2) is 0 Å². The van der Waals surface area contributed by atoms with Crippen LogP contribution in [0.2, 0.25) is 0 Å². The Bertz CT molecular complexity index is 683. The Morgan fingerprint density at radius 1 is 1.35 bits per heavy atom. The molecule has 1 amide bonds. The van der Waals surface area contributed by atoms with Crippen molar-refractivity contribution in [3.63, 3.8) is 0 Å². The molecule has 3 N–H and O–H groups in total. The normalized spacial score (nSPS) is 10.8. The van der Waals surface area contributed by atoms with Crippen LogP contribution >= 0.6 is 0 Å². The monoisotopic (exact) mass is 227 g/mol. The molecule has 84 valence electrons. The van der Waals surface area contributed by atoms with E-state index in [1.54, 1.807) is 29.2 Å². The third kappa shape index (κ3) is 1.46. The third-order valence-corrected chi connectivity index (χ3v) is 2.57. The minimum atomic E-state index is -0.443. The number of primary amides is 1. The van der Waals surface area contributed by atoms with Crippen molar-refractivity contribution < 1.29 is 4.79 Å². The van der Waals surface area contributed by atoms with Crippen molar-refractivity contribution in [1.29, 1.82) is 0 Å². The molecule has 0 aliphatic heterocycles. The number of nitrogens with zero attached hydrogens (tertiary/aromatic N) is 3. The van der Waals surface area contributed by atoms with Gasteiger partial charge < -0.3 is 5.73 Å². The lowest BCUT2D eigenvalue weighted by atomic mass is 10.1. The predicted octanol–water partition coefficient (Wildman–Crippen LogP) is 0.847. The molecule has 0 unspecified atom stereocenters. The molecule has 0 fully saturated rings. The van der Waals surface area contributed by atoms with Crippen LogP contribution in [0.4, 0.5) is 0 Å². The van der Waals surface area contributed by atoms with E-state index in [1.807, 2.05) is 12.1 Å². The minimum Gasteiger partial charge on any atom is -0.366 e. The summed E-state index contributed by atoms with van der Waals surface area (Å²) in [5.41, 5.74) is 6.59. The molecular weight excluding hydrogens is 218 g/mol. The number of nitrogens with one attached hydrogen (secondary N) is 1. The topological polar surface area (TPSA) is 89.6 Å². The number of hydrogen-bond acceptors (Lipinski definition) is 3. The number of hydrogen-bond donors (Lipinski definition) is 2. The first kappa shape index (κ1) is 9.59. The lowest BCUT2D eigenvalue weighted by Gasteiger charge is -2.00. The highest BCUT2D eigenvalue weighted by Gasteiger charge is 2.08. The third-order valence-electron chi connectivity index (χ3n) is 2.57. The van der Waals surface area contributed by atoms with Crippen LogP contribution in [0.15, 0.2) is 36.7 Å². The summed E-state index contributed by atoms with van der Waals surface area (Å²) in [7, 11) is 0. The molecule has 1 aromatic carbocycles. The molecule has 0 radical (unpaired) electrons. The maximum atomic E-state index is 11.1. The summed E-state index contributed by atoms with van der Waals surface area (Å²) in [6.07, 6.45) is 3.34. The molecule has 6 nitrogen and oxygen atoms in total. The van der Waals surface area contributed by atoms with Crippen molar-refractivity contribution in [2.75, 3.05) is 0 Å². The van der Waals surface area contributed by atoms with Gasteiger partial charge in [0.05, 0.1) is 17.9 Å². The molecular formula is C11H9N5O. The average molecular weight is 227 g/mol. The Morgan fingerprint density at radius 2 is 2.24 bits per heavy atom. The second-order valence-corrected chi connectivity index (χ2v) is 3.64. The second kappa shape index (κ2) is 3.44. The Morgan fingerprint density at radius 3 is 2.94 bits per heavy atom. The molecule has 0 saturated carbocycles. The molecule has 6 heteroatoms. The zero-order valence-electron chi connectivity index (χ0n) is 8.79. The number of aromatic amines is 1. The molecule has 0 aliphatic rings. The van der Waals surface area contributed by atoms with Crippen LogP contribution in [0, 0.1) is 0 Å².